The molecule has 0 aliphatic carbocycles. The van der Waals surface area contributed by atoms with Crippen LogP contribution in [0.4, 0.5) is 10.2 Å². The van der Waals surface area contributed by atoms with E-state index in [1.165, 1.54) is 4.88 Å². The van der Waals surface area contributed by atoms with Crippen LogP contribution in [0, 0.1) is 19.7 Å². The molecule has 3 aromatic heterocycles. The van der Waals surface area contributed by atoms with Crippen molar-refractivity contribution in [3.05, 3.63) is 46.6 Å². The minimum atomic E-state index is -0.369. The zero-order chi connectivity index (χ0) is 22.4. The number of nitrogens with two attached hydrogens (primary N) is 1. The van der Waals surface area contributed by atoms with Crippen LogP contribution in [0.25, 0.3) is 32.5 Å². The zero-order valence-corrected chi connectivity index (χ0v) is 19.3. The van der Waals surface area contributed by atoms with Gasteiger partial charge in [-0.2, -0.15) is 5.10 Å². The number of rotatable bonds is 4. The zero-order valence-electron chi connectivity index (χ0n) is 18.5. The van der Waals surface area contributed by atoms with E-state index in [4.69, 9.17) is 15.5 Å². The van der Waals surface area contributed by atoms with Gasteiger partial charge in [0.2, 0.25) is 0 Å². The summed E-state index contributed by atoms with van der Waals surface area (Å²) >= 11 is 1.67. The van der Waals surface area contributed by atoms with E-state index in [9.17, 15) is 0 Å². The molecule has 2 N–H and O–H groups in total. The number of nitrogen functional groups attached to an aromatic ring is 1. The third-order valence-electron chi connectivity index (χ3n) is 6.37. The molecule has 1 aliphatic rings. The fraction of sp³-hybridized carbons (Fsp3) is 0.375. The van der Waals surface area contributed by atoms with E-state index in [0.717, 1.165) is 65.5 Å². The molecule has 166 valence electrons. The van der Waals surface area contributed by atoms with Gasteiger partial charge in [0.1, 0.15) is 16.6 Å². The average Bonchev–Trinajstić information content (AvgIpc) is 3.37. The summed E-state index contributed by atoms with van der Waals surface area (Å²) in [6, 6.07) is 3.74. The normalized spacial score (nSPS) is 15.0. The van der Waals surface area contributed by atoms with E-state index < -0.39 is 0 Å². The Labute approximate surface area is 190 Å². The van der Waals surface area contributed by atoms with Crippen LogP contribution in [0.5, 0.6) is 0 Å². The van der Waals surface area contributed by atoms with Gasteiger partial charge in [0.25, 0.3) is 0 Å². The molecule has 0 radical (unpaired) electrons. The molecule has 6 nitrogen and oxygen atoms in total. The Hall–Kier alpha value is -2.84. The van der Waals surface area contributed by atoms with Gasteiger partial charge in [0, 0.05) is 58.6 Å². The van der Waals surface area contributed by atoms with Crippen LogP contribution in [-0.2, 0) is 11.3 Å². The van der Waals surface area contributed by atoms with Gasteiger partial charge in [-0.1, -0.05) is 12.1 Å². The number of hydrogen-bond acceptors (Lipinski definition) is 6. The van der Waals surface area contributed by atoms with Crippen LogP contribution < -0.4 is 5.73 Å². The quantitative estimate of drug-likeness (QED) is 0.445. The first-order chi connectivity index (χ1) is 15.5. The first-order valence-electron chi connectivity index (χ1n) is 10.9. The lowest BCUT2D eigenvalue weighted by Gasteiger charge is -2.21. The fourth-order valence-corrected chi connectivity index (χ4v) is 5.85. The van der Waals surface area contributed by atoms with E-state index in [1.54, 1.807) is 23.7 Å². The van der Waals surface area contributed by atoms with Gasteiger partial charge in [-0.05, 0) is 39.5 Å². The van der Waals surface area contributed by atoms with Crippen LogP contribution in [0.1, 0.15) is 41.9 Å². The highest BCUT2D eigenvalue weighted by atomic mass is 32.1. The number of fused-ring (bicyclic) bond motifs is 1. The van der Waals surface area contributed by atoms with Crippen molar-refractivity contribution in [2.45, 2.75) is 46.1 Å². The lowest BCUT2D eigenvalue weighted by atomic mass is 9.97. The van der Waals surface area contributed by atoms with E-state index in [-0.39, 0.29) is 11.6 Å². The molecule has 1 fully saturated rings. The molecule has 1 aromatic carbocycles. The van der Waals surface area contributed by atoms with Crippen molar-refractivity contribution < 1.29 is 9.13 Å². The second kappa shape index (κ2) is 8.26. The van der Waals surface area contributed by atoms with Gasteiger partial charge in [-0.3, -0.25) is 4.68 Å². The van der Waals surface area contributed by atoms with E-state index in [2.05, 4.69) is 10.1 Å². The first kappa shape index (κ1) is 21.0. The molecule has 1 aliphatic heterocycles. The minimum Gasteiger partial charge on any atom is -0.383 e. The Kier molecular flexibility index (Phi) is 5.43. The maximum atomic E-state index is 15.8. The third-order valence-corrected chi connectivity index (χ3v) is 7.72. The number of hydrogen-bond donors (Lipinski definition) is 1. The van der Waals surface area contributed by atoms with Gasteiger partial charge in [-0.25, -0.2) is 14.4 Å². The molecule has 4 heterocycles. The van der Waals surface area contributed by atoms with Crippen molar-refractivity contribution >= 4 is 27.9 Å². The summed E-state index contributed by atoms with van der Waals surface area (Å²) in [5, 5.41) is 6.28. The number of halogens is 1. The summed E-state index contributed by atoms with van der Waals surface area (Å²) in [7, 11) is 0. The molecular formula is C24H26FN5OS. The van der Waals surface area contributed by atoms with Crippen LogP contribution in [0.2, 0.25) is 0 Å². The van der Waals surface area contributed by atoms with Gasteiger partial charge in [0.15, 0.2) is 0 Å². The molecule has 0 amide bonds. The van der Waals surface area contributed by atoms with Gasteiger partial charge in [0.05, 0.1) is 17.3 Å². The average molecular weight is 452 g/mol. The van der Waals surface area contributed by atoms with Crippen LogP contribution >= 0.6 is 11.3 Å². The maximum absolute atomic E-state index is 15.8. The van der Waals surface area contributed by atoms with Crippen molar-refractivity contribution in [2.24, 2.45) is 0 Å². The smallest absolute Gasteiger partial charge is 0.142 e. The lowest BCUT2D eigenvalue weighted by molar-refractivity contribution is 0.0858. The summed E-state index contributed by atoms with van der Waals surface area (Å²) in [6.45, 7) is 8.30. The molecule has 4 aromatic rings. The summed E-state index contributed by atoms with van der Waals surface area (Å²) in [4.78, 5) is 10.5. The number of aromatic nitrogens is 4. The molecule has 32 heavy (non-hydrogen) atoms. The Morgan fingerprint density at radius 2 is 1.94 bits per heavy atom. The Morgan fingerprint density at radius 1 is 1.16 bits per heavy atom. The molecule has 1 saturated heterocycles. The molecule has 0 atom stereocenters. The Balaban J connectivity index is 1.64. The third kappa shape index (κ3) is 3.38. The fourth-order valence-electron chi connectivity index (χ4n) is 4.59. The number of benzene rings is 1. The number of nitrogens with zero attached hydrogens (tertiary/aromatic N) is 4. The molecule has 0 bridgehead atoms. The Bertz CT molecular complexity index is 1310. The molecular weight excluding hydrogens is 425 g/mol. The van der Waals surface area contributed by atoms with Crippen molar-refractivity contribution in [1.82, 2.24) is 19.7 Å². The molecule has 0 unspecified atom stereocenters. The number of anilines is 1. The highest BCUT2D eigenvalue weighted by Crippen LogP contribution is 2.41. The van der Waals surface area contributed by atoms with E-state index >= 15 is 4.39 Å². The second-order valence-corrected chi connectivity index (χ2v) is 9.25. The highest BCUT2D eigenvalue weighted by Gasteiger charge is 2.24. The van der Waals surface area contributed by atoms with Crippen LogP contribution in [0.15, 0.2) is 24.5 Å². The van der Waals surface area contributed by atoms with Crippen molar-refractivity contribution in [3.8, 4) is 21.7 Å². The molecule has 5 rings (SSSR count). The van der Waals surface area contributed by atoms with Crippen molar-refractivity contribution in [3.63, 3.8) is 0 Å². The second-order valence-electron chi connectivity index (χ2n) is 8.22. The first-order valence-corrected chi connectivity index (χ1v) is 11.8. The van der Waals surface area contributed by atoms with Crippen molar-refractivity contribution in [2.75, 3.05) is 18.9 Å². The Morgan fingerprint density at radius 3 is 2.66 bits per heavy atom. The number of ether oxygens (including phenoxy) is 1. The number of thiazole rings is 1. The van der Waals surface area contributed by atoms with E-state index in [0.29, 0.717) is 16.9 Å². The number of pyridine rings is 1. The van der Waals surface area contributed by atoms with Gasteiger partial charge in [-0.15, -0.1) is 11.3 Å². The minimum absolute atomic E-state index is 0.182. The largest absolute Gasteiger partial charge is 0.383 e. The van der Waals surface area contributed by atoms with Crippen LogP contribution in [0.3, 0.4) is 0 Å². The molecule has 8 heteroatoms. The summed E-state index contributed by atoms with van der Waals surface area (Å²) in [6.07, 6.45) is 5.43. The predicted octanol–water partition coefficient (Wildman–Crippen LogP) is 5.47. The maximum Gasteiger partial charge on any atom is 0.142 e. The summed E-state index contributed by atoms with van der Waals surface area (Å²) < 4.78 is 23.2. The number of aryl methyl sites for hydroxylation is 2. The summed E-state index contributed by atoms with van der Waals surface area (Å²) in [5.41, 5.74) is 10.2. The SMILES string of the molecule is CCn1ncc(-c2ccc3c(-c4nc(C)c(C5CCOCC5)s4)cnc(N)c3c2F)c1C. The monoisotopic (exact) mass is 451 g/mol. The van der Waals surface area contributed by atoms with Crippen molar-refractivity contribution in [1.29, 1.82) is 0 Å². The topological polar surface area (TPSA) is 78.8 Å². The van der Waals surface area contributed by atoms with Gasteiger partial charge < -0.3 is 10.5 Å². The van der Waals surface area contributed by atoms with Crippen LogP contribution in [-0.4, -0.2) is 33.0 Å². The standard InChI is InChI=1S/C24H26FN5OS/c1-4-30-14(3)18(12-28-30)17-6-5-16-19(11-27-23(26)20(16)21(17)25)24-29-13(2)22(32-24)15-7-9-31-10-8-15/h5-6,11-12,15H,4,7-10H2,1-3H3,(H2,26,27). The van der Waals surface area contributed by atoms with Gasteiger partial charge >= 0.3 is 0 Å². The summed E-state index contributed by atoms with van der Waals surface area (Å²) in [5.74, 6) is 0.275. The van der Waals surface area contributed by atoms with E-state index in [1.807, 2.05) is 37.6 Å². The predicted molar refractivity (Wildman–Crippen MR) is 126 cm³/mol. The molecule has 0 spiro atoms. The molecule has 0 saturated carbocycles. The lowest BCUT2D eigenvalue weighted by Crippen LogP contribution is -2.13. The highest BCUT2D eigenvalue weighted by molar-refractivity contribution is 7.15.